The first-order valence-electron chi connectivity index (χ1n) is 5.40. The van der Waals surface area contributed by atoms with Crippen LogP contribution >= 0.6 is 23.1 Å². The molecular formula is C12H12N2O2S2. The number of ether oxygens (including phenoxy) is 1. The zero-order valence-electron chi connectivity index (χ0n) is 9.83. The third kappa shape index (κ3) is 3.54. The number of hydrogen-bond acceptors (Lipinski definition) is 6. The number of thioether (sulfide) groups is 1. The minimum absolute atomic E-state index is 0.231. The molecule has 2 heterocycles. The van der Waals surface area contributed by atoms with Gasteiger partial charge in [-0.15, -0.1) is 0 Å². The Kier molecular flexibility index (Phi) is 4.72. The van der Waals surface area contributed by atoms with Gasteiger partial charge in [-0.1, -0.05) is 35.3 Å². The van der Waals surface area contributed by atoms with Crippen LogP contribution in [-0.2, 0) is 9.53 Å². The van der Waals surface area contributed by atoms with E-state index < -0.39 is 0 Å². The monoisotopic (exact) mass is 280 g/mol. The number of hydrogen-bond donors (Lipinski definition) is 0. The van der Waals surface area contributed by atoms with Crippen molar-refractivity contribution >= 4 is 39.4 Å². The van der Waals surface area contributed by atoms with E-state index in [2.05, 4.69) is 9.97 Å². The van der Waals surface area contributed by atoms with Crippen molar-refractivity contribution in [1.82, 2.24) is 9.97 Å². The highest BCUT2D eigenvalue weighted by Gasteiger charge is 2.08. The first-order valence-corrected chi connectivity index (χ1v) is 7.21. The SMILES string of the molecule is C/C=C/COC(=O)CSc1nc2cccnc2s1. The van der Waals surface area contributed by atoms with Crippen molar-refractivity contribution in [2.75, 3.05) is 12.4 Å². The Hall–Kier alpha value is -1.40. The number of carbonyl (C=O) groups excluding carboxylic acids is 1. The average molecular weight is 280 g/mol. The van der Waals surface area contributed by atoms with E-state index in [1.165, 1.54) is 23.1 Å². The number of pyridine rings is 1. The second-order valence-corrected chi connectivity index (χ2v) is 5.55. The molecule has 0 aliphatic heterocycles. The third-order valence-corrected chi connectivity index (χ3v) is 4.13. The molecule has 94 valence electrons. The minimum Gasteiger partial charge on any atom is -0.461 e. The molecule has 0 aromatic carbocycles. The van der Waals surface area contributed by atoms with Crippen molar-refractivity contribution in [1.29, 1.82) is 0 Å². The van der Waals surface area contributed by atoms with Crippen LogP contribution in [0.2, 0.25) is 0 Å². The van der Waals surface area contributed by atoms with Crippen molar-refractivity contribution in [3.05, 3.63) is 30.5 Å². The van der Waals surface area contributed by atoms with Crippen molar-refractivity contribution in [3.63, 3.8) is 0 Å². The molecule has 18 heavy (non-hydrogen) atoms. The van der Waals surface area contributed by atoms with Crippen LogP contribution in [0, 0.1) is 0 Å². The van der Waals surface area contributed by atoms with Crippen LogP contribution in [0.25, 0.3) is 10.3 Å². The summed E-state index contributed by atoms with van der Waals surface area (Å²) in [5.74, 6) is 0.0440. The van der Waals surface area contributed by atoms with Gasteiger partial charge >= 0.3 is 5.97 Å². The molecule has 0 bridgehead atoms. The Bertz CT molecular complexity index is 533. The summed E-state index contributed by atoms with van der Waals surface area (Å²) < 4.78 is 5.83. The number of thiazole rings is 1. The molecule has 0 fully saturated rings. The maximum atomic E-state index is 11.4. The van der Waals surface area contributed by atoms with Crippen molar-refractivity contribution in [3.8, 4) is 0 Å². The predicted molar refractivity (Wildman–Crippen MR) is 73.9 cm³/mol. The first kappa shape index (κ1) is 13.0. The fourth-order valence-electron chi connectivity index (χ4n) is 1.21. The largest absolute Gasteiger partial charge is 0.461 e. The minimum atomic E-state index is -0.231. The summed E-state index contributed by atoms with van der Waals surface area (Å²) in [7, 11) is 0. The van der Waals surface area contributed by atoms with Gasteiger partial charge in [-0.2, -0.15) is 0 Å². The van der Waals surface area contributed by atoms with E-state index in [1.54, 1.807) is 12.3 Å². The fraction of sp³-hybridized carbons (Fsp3) is 0.250. The molecule has 0 spiro atoms. The molecule has 0 aliphatic carbocycles. The molecule has 0 unspecified atom stereocenters. The lowest BCUT2D eigenvalue weighted by Gasteiger charge is -1.99. The first-order chi connectivity index (χ1) is 8.79. The number of nitrogens with zero attached hydrogens (tertiary/aromatic N) is 2. The van der Waals surface area contributed by atoms with E-state index in [9.17, 15) is 4.79 Å². The molecule has 0 aliphatic rings. The topological polar surface area (TPSA) is 52.1 Å². The Morgan fingerprint density at radius 1 is 1.61 bits per heavy atom. The highest BCUT2D eigenvalue weighted by Crippen LogP contribution is 2.27. The van der Waals surface area contributed by atoms with Gasteiger partial charge < -0.3 is 4.74 Å². The van der Waals surface area contributed by atoms with E-state index in [0.717, 1.165) is 14.7 Å². The molecule has 0 saturated heterocycles. The van der Waals surface area contributed by atoms with Gasteiger partial charge in [0, 0.05) is 6.20 Å². The van der Waals surface area contributed by atoms with Gasteiger partial charge in [0.1, 0.15) is 17.0 Å². The molecule has 2 aromatic rings. The van der Waals surface area contributed by atoms with Crippen LogP contribution in [0.3, 0.4) is 0 Å². The van der Waals surface area contributed by atoms with Gasteiger partial charge in [0.15, 0.2) is 4.34 Å². The third-order valence-electron chi connectivity index (χ3n) is 2.04. The quantitative estimate of drug-likeness (QED) is 0.479. The highest BCUT2D eigenvalue weighted by atomic mass is 32.2. The number of esters is 1. The van der Waals surface area contributed by atoms with E-state index in [4.69, 9.17) is 4.74 Å². The van der Waals surface area contributed by atoms with Crippen molar-refractivity contribution in [2.24, 2.45) is 0 Å². The summed E-state index contributed by atoms with van der Waals surface area (Å²) in [5.41, 5.74) is 0.868. The number of aromatic nitrogens is 2. The summed E-state index contributed by atoms with van der Waals surface area (Å²) in [4.78, 5) is 20.9. The highest BCUT2D eigenvalue weighted by molar-refractivity contribution is 8.01. The smallest absolute Gasteiger partial charge is 0.316 e. The average Bonchev–Trinajstić information content (AvgIpc) is 2.79. The van der Waals surface area contributed by atoms with E-state index in [0.29, 0.717) is 6.61 Å². The summed E-state index contributed by atoms with van der Waals surface area (Å²) in [6.07, 6.45) is 5.38. The second-order valence-electron chi connectivity index (χ2n) is 3.35. The van der Waals surface area contributed by atoms with Gasteiger partial charge in [-0.05, 0) is 19.1 Å². The molecule has 0 atom stereocenters. The zero-order valence-corrected chi connectivity index (χ0v) is 11.5. The standard InChI is InChI=1S/C12H12N2O2S2/c1-2-3-7-16-10(15)8-17-12-14-9-5-4-6-13-11(9)18-12/h2-6H,7-8H2,1H3/b3-2+. The lowest BCUT2D eigenvalue weighted by molar-refractivity contribution is -0.139. The molecule has 0 radical (unpaired) electrons. The lowest BCUT2D eigenvalue weighted by Crippen LogP contribution is -2.06. The number of allylic oxidation sites excluding steroid dienone is 1. The van der Waals surface area contributed by atoms with Crippen molar-refractivity contribution < 1.29 is 9.53 Å². The number of fused-ring (bicyclic) bond motifs is 1. The van der Waals surface area contributed by atoms with Crippen LogP contribution in [0.15, 0.2) is 34.8 Å². The summed E-state index contributed by atoms with van der Waals surface area (Å²) in [6, 6.07) is 3.76. The van der Waals surface area contributed by atoms with Gasteiger partial charge in [0.05, 0.1) is 5.75 Å². The normalized spacial score (nSPS) is 11.2. The maximum Gasteiger partial charge on any atom is 0.316 e. The fourth-order valence-corrected chi connectivity index (χ4v) is 2.99. The number of rotatable bonds is 5. The van der Waals surface area contributed by atoms with Crippen LogP contribution in [0.4, 0.5) is 0 Å². The van der Waals surface area contributed by atoms with Crippen LogP contribution < -0.4 is 0 Å². The molecule has 4 nitrogen and oxygen atoms in total. The Morgan fingerprint density at radius 3 is 3.28 bits per heavy atom. The number of carbonyl (C=O) groups is 1. The Labute approximate surface area is 113 Å². The zero-order chi connectivity index (χ0) is 12.8. The molecular weight excluding hydrogens is 268 g/mol. The van der Waals surface area contributed by atoms with Crippen LogP contribution in [-0.4, -0.2) is 28.3 Å². The molecule has 0 saturated carbocycles. The van der Waals surface area contributed by atoms with E-state index >= 15 is 0 Å². The summed E-state index contributed by atoms with van der Waals surface area (Å²) >= 11 is 2.87. The summed E-state index contributed by atoms with van der Waals surface area (Å²) in [5, 5.41) is 0. The van der Waals surface area contributed by atoms with Gasteiger partial charge in [-0.25, -0.2) is 9.97 Å². The van der Waals surface area contributed by atoms with Gasteiger partial charge in [0.2, 0.25) is 0 Å². The summed E-state index contributed by atoms with van der Waals surface area (Å²) in [6.45, 7) is 2.22. The van der Waals surface area contributed by atoms with Crippen LogP contribution in [0.5, 0.6) is 0 Å². The predicted octanol–water partition coefficient (Wildman–Crippen LogP) is 2.90. The molecule has 0 N–H and O–H groups in total. The molecule has 0 amide bonds. The Balaban J connectivity index is 1.88. The molecule has 6 heteroatoms. The van der Waals surface area contributed by atoms with E-state index in [1.807, 2.05) is 25.1 Å². The molecule has 2 rings (SSSR count). The van der Waals surface area contributed by atoms with Crippen molar-refractivity contribution in [2.45, 2.75) is 11.3 Å². The maximum absolute atomic E-state index is 11.4. The van der Waals surface area contributed by atoms with Gasteiger partial charge in [0.25, 0.3) is 0 Å². The van der Waals surface area contributed by atoms with E-state index in [-0.39, 0.29) is 11.7 Å². The molecule has 2 aromatic heterocycles. The second kappa shape index (κ2) is 6.51. The van der Waals surface area contributed by atoms with Gasteiger partial charge in [-0.3, -0.25) is 4.79 Å². The van der Waals surface area contributed by atoms with Crippen LogP contribution in [0.1, 0.15) is 6.92 Å². The lowest BCUT2D eigenvalue weighted by atomic mass is 10.5. The Morgan fingerprint density at radius 2 is 2.50 bits per heavy atom.